The predicted octanol–water partition coefficient (Wildman–Crippen LogP) is 4.51. The molecule has 1 fully saturated rings. The third kappa shape index (κ3) is 4.77. The average Bonchev–Trinajstić information content (AvgIpc) is 3.41. The van der Waals surface area contributed by atoms with Crippen molar-refractivity contribution in [3.63, 3.8) is 0 Å². The molecule has 0 spiro atoms. The van der Waals surface area contributed by atoms with Crippen molar-refractivity contribution in [3.8, 4) is 33.7 Å². The third-order valence-corrected chi connectivity index (χ3v) is 7.19. The van der Waals surface area contributed by atoms with Crippen molar-refractivity contribution in [1.29, 1.82) is 0 Å². The van der Waals surface area contributed by atoms with Crippen molar-refractivity contribution in [1.82, 2.24) is 19.4 Å². The molecule has 1 amide bonds. The van der Waals surface area contributed by atoms with Crippen LogP contribution in [-0.4, -0.2) is 43.8 Å². The largest absolute Gasteiger partial charge is 0.507 e. The highest BCUT2D eigenvalue weighted by Gasteiger charge is 2.34. The Balaban J connectivity index is 1.49. The molecule has 0 radical (unpaired) electrons. The number of benzene rings is 2. The van der Waals surface area contributed by atoms with Crippen LogP contribution in [0, 0.1) is 5.82 Å². The number of amides is 1. The summed E-state index contributed by atoms with van der Waals surface area (Å²) in [5, 5.41) is 14.5. The highest BCUT2D eigenvalue weighted by atomic mass is 35.5. The van der Waals surface area contributed by atoms with E-state index in [4.69, 9.17) is 11.6 Å². The number of carbonyl (C=O) groups excluding carboxylic acids is 1. The molecule has 2 N–H and O–H groups in total. The standard InChI is InChI=1S/C28H27ClFN5O3/c1-17(36)32-28(2)6-7-34(16-28)21-10-19(14-31-15-21)23-13-20(30)12-22(26(23)37)18-4-5-25(24(29)11-18)35-9-8-33(3)27(35)38/h4-5,8-15,37H,6-7,16H2,1-3H3,(H,32,36)/t28-/m1/s1. The number of hydrogen-bond acceptors (Lipinski definition) is 5. The number of nitrogens with zero attached hydrogens (tertiary/aromatic N) is 4. The van der Waals surface area contributed by atoms with E-state index in [9.17, 15) is 19.1 Å². The van der Waals surface area contributed by atoms with Crippen LogP contribution >= 0.6 is 11.6 Å². The summed E-state index contributed by atoms with van der Waals surface area (Å²) in [5.74, 6) is -0.727. The number of phenols is 1. The van der Waals surface area contributed by atoms with E-state index in [1.165, 1.54) is 28.2 Å². The number of halogens is 2. The fourth-order valence-corrected chi connectivity index (χ4v) is 5.28. The highest BCUT2D eigenvalue weighted by Crippen LogP contribution is 2.41. The van der Waals surface area contributed by atoms with Gasteiger partial charge < -0.3 is 19.9 Å². The van der Waals surface area contributed by atoms with Crippen LogP contribution < -0.4 is 15.9 Å². The molecule has 3 heterocycles. The van der Waals surface area contributed by atoms with Crippen molar-refractivity contribution < 1.29 is 14.3 Å². The molecule has 0 aliphatic carbocycles. The molecule has 5 rings (SSSR count). The molecule has 196 valence electrons. The number of aromatic nitrogens is 3. The Labute approximate surface area is 223 Å². The summed E-state index contributed by atoms with van der Waals surface area (Å²) in [6.45, 7) is 4.83. The quantitative estimate of drug-likeness (QED) is 0.392. The summed E-state index contributed by atoms with van der Waals surface area (Å²) in [6, 6.07) is 9.30. The fraction of sp³-hybridized carbons (Fsp3) is 0.250. The van der Waals surface area contributed by atoms with Gasteiger partial charge in [0.25, 0.3) is 0 Å². The summed E-state index contributed by atoms with van der Waals surface area (Å²) in [7, 11) is 1.64. The van der Waals surface area contributed by atoms with Gasteiger partial charge in [-0.15, -0.1) is 0 Å². The summed E-state index contributed by atoms with van der Waals surface area (Å²) < 4.78 is 17.7. The molecule has 0 bridgehead atoms. The van der Waals surface area contributed by atoms with E-state index < -0.39 is 5.82 Å². The number of nitrogens with one attached hydrogen (secondary N) is 1. The highest BCUT2D eigenvalue weighted by molar-refractivity contribution is 6.32. The molecule has 1 aliphatic heterocycles. The van der Waals surface area contributed by atoms with Gasteiger partial charge in [-0.2, -0.15) is 0 Å². The van der Waals surface area contributed by atoms with E-state index in [0.29, 0.717) is 23.4 Å². The second-order valence-electron chi connectivity index (χ2n) is 9.92. The molecule has 8 nitrogen and oxygen atoms in total. The molecule has 1 atom stereocenters. The number of phenolic OH excluding ortho intramolecular Hbond substituents is 1. The number of pyridine rings is 1. The van der Waals surface area contributed by atoms with Gasteiger partial charge >= 0.3 is 5.69 Å². The van der Waals surface area contributed by atoms with Crippen molar-refractivity contribution in [2.75, 3.05) is 18.0 Å². The zero-order valence-electron chi connectivity index (χ0n) is 21.2. The number of aromatic hydroxyl groups is 1. The van der Waals surface area contributed by atoms with E-state index in [1.807, 2.05) is 13.0 Å². The second-order valence-corrected chi connectivity index (χ2v) is 10.3. The summed E-state index contributed by atoms with van der Waals surface area (Å²) >= 11 is 6.51. The van der Waals surface area contributed by atoms with Crippen molar-refractivity contribution in [2.24, 2.45) is 7.05 Å². The Morgan fingerprint density at radius 2 is 1.87 bits per heavy atom. The maximum Gasteiger partial charge on any atom is 0.332 e. The van der Waals surface area contributed by atoms with Crippen LogP contribution in [0.3, 0.4) is 0 Å². The van der Waals surface area contributed by atoms with Gasteiger partial charge in [-0.05, 0) is 49.2 Å². The second kappa shape index (κ2) is 9.64. The average molecular weight is 536 g/mol. The van der Waals surface area contributed by atoms with Gasteiger partial charge in [0.1, 0.15) is 11.6 Å². The molecular weight excluding hydrogens is 509 g/mol. The minimum atomic E-state index is -0.530. The topological polar surface area (TPSA) is 92.4 Å². The first-order chi connectivity index (χ1) is 18.0. The lowest BCUT2D eigenvalue weighted by molar-refractivity contribution is -0.120. The van der Waals surface area contributed by atoms with E-state index >= 15 is 0 Å². The first-order valence-corrected chi connectivity index (χ1v) is 12.5. The van der Waals surface area contributed by atoms with Crippen LogP contribution in [0.2, 0.25) is 5.02 Å². The molecule has 1 saturated heterocycles. The van der Waals surface area contributed by atoms with E-state index in [-0.39, 0.29) is 39.0 Å². The van der Waals surface area contributed by atoms with Gasteiger partial charge in [0.05, 0.1) is 28.1 Å². The summed E-state index contributed by atoms with van der Waals surface area (Å²) in [6.07, 6.45) is 7.30. The van der Waals surface area contributed by atoms with Gasteiger partial charge in [0.15, 0.2) is 0 Å². The third-order valence-electron chi connectivity index (χ3n) is 6.89. The molecule has 2 aromatic heterocycles. The van der Waals surface area contributed by atoms with E-state index in [1.54, 1.807) is 50.0 Å². The smallest absolute Gasteiger partial charge is 0.332 e. The van der Waals surface area contributed by atoms with E-state index in [2.05, 4.69) is 15.2 Å². The van der Waals surface area contributed by atoms with Gasteiger partial charge in [0.2, 0.25) is 5.91 Å². The molecule has 2 aromatic carbocycles. The van der Waals surface area contributed by atoms with Crippen molar-refractivity contribution >= 4 is 23.2 Å². The zero-order chi connectivity index (χ0) is 27.2. The summed E-state index contributed by atoms with van der Waals surface area (Å²) in [4.78, 5) is 30.4. The number of carbonyl (C=O) groups is 1. The first kappa shape index (κ1) is 25.5. The first-order valence-electron chi connectivity index (χ1n) is 12.1. The molecule has 1 aliphatic rings. The minimum absolute atomic E-state index is 0.0811. The maximum absolute atomic E-state index is 14.8. The Morgan fingerprint density at radius 3 is 2.53 bits per heavy atom. The molecule has 38 heavy (non-hydrogen) atoms. The molecule has 0 unspecified atom stereocenters. The summed E-state index contributed by atoms with van der Waals surface area (Å²) in [5.41, 5.74) is 2.28. The minimum Gasteiger partial charge on any atom is -0.507 e. The van der Waals surface area contributed by atoms with Crippen LogP contribution in [0.15, 0.2) is 66.0 Å². The van der Waals surface area contributed by atoms with Gasteiger partial charge in [-0.25, -0.2) is 9.18 Å². The van der Waals surface area contributed by atoms with Crippen LogP contribution in [0.1, 0.15) is 20.3 Å². The Kier molecular flexibility index (Phi) is 6.48. The predicted molar refractivity (Wildman–Crippen MR) is 145 cm³/mol. The van der Waals surface area contributed by atoms with Crippen molar-refractivity contribution in [3.05, 3.63) is 82.5 Å². The number of rotatable bonds is 5. The normalized spacial score (nSPS) is 17.1. The Morgan fingerprint density at radius 1 is 1.13 bits per heavy atom. The lowest BCUT2D eigenvalue weighted by Gasteiger charge is -2.26. The molecule has 4 aromatic rings. The van der Waals surface area contributed by atoms with Gasteiger partial charge in [-0.1, -0.05) is 17.7 Å². The fourth-order valence-electron chi connectivity index (χ4n) is 5.01. The van der Waals surface area contributed by atoms with Gasteiger partial charge in [-0.3, -0.25) is 14.3 Å². The van der Waals surface area contributed by atoms with Crippen LogP contribution in [0.4, 0.5) is 10.1 Å². The van der Waals surface area contributed by atoms with Crippen molar-refractivity contribution in [2.45, 2.75) is 25.8 Å². The Hall–Kier alpha value is -4.11. The number of imidazole rings is 1. The van der Waals surface area contributed by atoms with Crippen LogP contribution in [0.25, 0.3) is 27.9 Å². The lowest BCUT2D eigenvalue weighted by atomic mass is 9.97. The number of anilines is 1. The van der Waals surface area contributed by atoms with E-state index in [0.717, 1.165) is 18.7 Å². The SMILES string of the molecule is CC(=O)N[C@]1(C)CCN(c2cncc(-c3cc(F)cc(-c4ccc(-n5ccn(C)c5=O)c(Cl)c4)c3O)c2)C1. The Bertz CT molecular complexity index is 1610. The zero-order valence-corrected chi connectivity index (χ0v) is 22.0. The molecule has 0 saturated carbocycles. The maximum atomic E-state index is 14.8. The molecule has 10 heteroatoms. The number of hydrogen-bond donors (Lipinski definition) is 2. The van der Waals surface area contributed by atoms with Crippen LogP contribution in [-0.2, 0) is 11.8 Å². The van der Waals surface area contributed by atoms with Crippen LogP contribution in [0.5, 0.6) is 5.75 Å². The monoisotopic (exact) mass is 535 g/mol. The van der Waals surface area contributed by atoms with Gasteiger partial charge in [0, 0.05) is 62.3 Å². The lowest BCUT2D eigenvalue weighted by Crippen LogP contribution is -2.47. The number of aryl methyl sites for hydroxylation is 1. The molecular formula is C28H27ClFN5O3.